The van der Waals surface area contributed by atoms with Crippen molar-refractivity contribution in [3.05, 3.63) is 12.7 Å². The molecule has 0 aliphatic rings. The van der Waals surface area contributed by atoms with Crippen LogP contribution >= 0.6 is 0 Å². The van der Waals surface area contributed by atoms with Gasteiger partial charge in [0.05, 0.1) is 0 Å². The molecule has 64 valence electrons. The van der Waals surface area contributed by atoms with Gasteiger partial charge in [-0.2, -0.15) is 0 Å². The summed E-state index contributed by atoms with van der Waals surface area (Å²) in [4.78, 5) is 11.5. The molecule has 0 saturated heterocycles. The van der Waals surface area contributed by atoms with Crippen molar-refractivity contribution in [2.24, 2.45) is 0 Å². The van der Waals surface area contributed by atoms with Crippen molar-refractivity contribution in [3.8, 4) is 0 Å². The van der Waals surface area contributed by atoms with Gasteiger partial charge in [-0.05, 0) is 6.92 Å². The van der Waals surface area contributed by atoms with Crippen LogP contribution < -0.4 is 0 Å². The van der Waals surface area contributed by atoms with E-state index in [0.717, 1.165) is 4.90 Å². The molecule has 0 aromatic carbocycles. The second kappa shape index (κ2) is 4.15. The molecular weight excluding hydrogens is 162 g/mol. The molecule has 0 saturated carbocycles. The summed E-state index contributed by atoms with van der Waals surface area (Å²) in [7, 11) is 0.636. The second-order valence-corrected chi connectivity index (χ2v) is 3.48. The lowest BCUT2D eigenvalue weighted by Gasteiger charge is -2.26. The van der Waals surface area contributed by atoms with Crippen molar-refractivity contribution in [2.45, 2.75) is 18.8 Å². The van der Waals surface area contributed by atoms with E-state index in [1.807, 2.05) is 0 Å². The predicted octanol–water partition coefficient (Wildman–Crippen LogP) is -0.818. The molecule has 0 bridgehead atoms. The van der Waals surface area contributed by atoms with E-state index >= 15 is 0 Å². The predicted molar refractivity (Wildman–Crippen MR) is 45.5 cm³/mol. The standard InChI is InChI=1S/C6H13NO3Si/c1-3-5(11)7(4(2)8)6(9)10/h3-5,8H,1H2,2,11H3,(H,9,10). The maximum absolute atomic E-state index is 10.5. The van der Waals surface area contributed by atoms with Crippen LogP contribution in [0.5, 0.6) is 0 Å². The summed E-state index contributed by atoms with van der Waals surface area (Å²) in [5, 5.41) is 17.6. The second-order valence-electron chi connectivity index (χ2n) is 2.30. The first-order valence-corrected chi connectivity index (χ1v) is 4.48. The molecule has 0 rings (SSSR count). The van der Waals surface area contributed by atoms with Gasteiger partial charge in [0, 0.05) is 15.9 Å². The molecule has 4 nitrogen and oxygen atoms in total. The van der Waals surface area contributed by atoms with Gasteiger partial charge in [-0.15, -0.1) is 6.58 Å². The van der Waals surface area contributed by atoms with Crippen molar-refractivity contribution in [2.75, 3.05) is 0 Å². The van der Waals surface area contributed by atoms with Gasteiger partial charge >= 0.3 is 6.09 Å². The largest absolute Gasteiger partial charge is 0.465 e. The highest BCUT2D eigenvalue weighted by Crippen LogP contribution is 2.01. The third kappa shape index (κ3) is 2.73. The van der Waals surface area contributed by atoms with Gasteiger partial charge in [0.1, 0.15) is 6.23 Å². The molecule has 0 fully saturated rings. The van der Waals surface area contributed by atoms with E-state index in [1.165, 1.54) is 13.0 Å². The zero-order chi connectivity index (χ0) is 9.02. The molecule has 0 aliphatic carbocycles. The van der Waals surface area contributed by atoms with Gasteiger partial charge in [0.25, 0.3) is 0 Å². The van der Waals surface area contributed by atoms with Gasteiger partial charge in [-0.1, -0.05) is 6.08 Å². The zero-order valence-corrected chi connectivity index (χ0v) is 8.69. The molecule has 11 heavy (non-hydrogen) atoms. The molecule has 5 heteroatoms. The van der Waals surface area contributed by atoms with Crippen LogP contribution in [0.2, 0.25) is 0 Å². The lowest BCUT2D eigenvalue weighted by molar-refractivity contribution is 0.0246. The molecule has 0 aromatic heterocycles. The Morgan fingerprint density at radius 1 is 1.82 bits per heavy atom. The van der Waals surface area contributed by atoms with E-state index in [1.54, 1.807) is 0 Å². The highest BCUT2D eigenvalue weighted by molar-refractivity contribution is 6.14. The number of amides is 1. The highest BCUT2D eigenvalue weighted by Gasteiger charge is 2.20. The molecule has 2 atom stereocenters. The molecule has 1 amide bonds. The van der Waals surface area contributed by atoms with Crippen molar-refractivity contribution in [1.82, 2.24) is 4.90 Å². The Kier molecular flexibility index (Phi) is 3.84. The van der Waals surface area contributed by atoms with Crippen LogP contribution in [0.1, 0.15) is 6.92 Å². The van der Waals surface area contributed by atoms with Gasteiger partial charge in [0.15, 0.2) is 0 Å². The Balaban J connectivity index is 4.33. The minimum atomic E-state index is -1.11. The quantitative estimate of drug-likeness (QED) is 0.335. The summed E-state index contributed by atoms with van der Waals surface area (Å²) >= 11 is 0. The van der Waals surface area contributed by atoms with Crippen LogP contribution in [-0.4, -0.2) is 43.3 Å². The minimum absolute atomic E-state index is 0.229. The van der Waals surface area contributed by atoms with Crippen LogP contribution in [0, 0.1) is 0 Å². The van der Waals surface area contributed by atoms with Crippen molar-refractivity contribution in [1.29, 1.82) is 0 Å². The Labute approximate surface area is 68.6 Å². The first-order valence-electron chi connectivity index (χ1n) is 3.32. The number of aliphatic hydroxyl groups excluding tert-OH is 1. The number of carbonyl (C=O) groups is 1. The van der Waals surface area contributed by atoms with Gasteiger partial charge in [0.2, 0.25) is 0 Å². The lowest BCUT2D eigenvalue weighted by atomic mass is 10.5. The summed E-state index contributed by atoms with van der Waals surface area (Å²) in [6.07, 6.45) is -0.555. The number of hydrogen-bond donors (Lipinski definition) is 2. The minimum Gasteiger partial charge on any atom is -0.465 e. The average molecular weight is 175 g/mol. The lowest BCUT2D eigenvalue weighted by Crippen LogP contribution is -2.44. The normalized spacial score (nSPS) is 15.5. The third-order valence-corrected chi connectivity index (χ3v) is 2.43. The van der Waals surface area contributed by atoms with Crippen LogP contribution in [0.3, 0.4) is 0 Å². The smallest absolute Gasteiger partial charge is 0.409 e. The van der Waals surface area contributed by atoms with Crippen molar-refractivity contribution >= 4 is 16.3 Å². The molecule has 0 heterocycles. The fourth-order valence-corrected chi connectivity index (χ4v) is 1.44. The van der Waals surface area contributed by atoms with Gasteiger partial charge < -0.3 is 10.2 Å². The average Bonchev–Trinajstić information content (AvgIpc) is 1.85. The first kappa shape index (κ1) is 10.2. The van der Waals surface area contributed by atoms with Crippen LogP contribution in [0.25, 0.3) is 0 Å². The molecule has 0 radical (unpaired) electrons. The van der Waals surface area contributed by atoms with Crippen molar-refractivity contribution < 1.29 is 15.0 Å². The summed E-state index contributed by atoms with van der Waals surface area (Å²) in [6.45, 7) is 4.88. The first-order chi connectivity index (χ1) is 5.00. The Morgan fingerprint density at radius 3 is 2.36 bits per heavy atom. The third-order valence-electron chi connectivity index (χ3n) is 1.40. The fraction of sp³-hybridized carbons (Fsp3) is 0.500. The molecule has 2 unspecified atom stereocenters. The van der Waals surface area contributed by atoms with E-state index in [0.29, 0.717) is 10.2 Å². The molecule has 0 aliphatic heterocycles. The number of carboxylic acid groups (broad SMARTS) is 1. The maximum Gasteiger partial charge on any atom is 0.409 e. The van der Waals surface area contributed by atoms with E-state index in [4.69, 9.17) is 10.2 Å². The van der Waals surface area contributed by atoms with E-state index in [9.17, 15) is 4.79 Å². The maximum atomic E-state index is 10.5. The van der Waals surface area contributed by atoms with Gasteiger partial charge in [-0.25, -0.2) is 4.79 Å². The fourth-order valence-electron chi connectivity index (χ4n) is 0.788. The Morgan fingerprint density at radius 2 is 2.27 bits per heavy atom. The van der Waals surface area contributed by atoms with Crippen LogP contribution in [-0.2, 0) is 0 Å². The Hall–Kier alpha value is -0.813. The monoisotopic (exact) mass is 175 g/mol. The van der Waals surface area contributed by atoms with Crippen molar-refractivity contribution in [3.63, 3.8) is 0 Å². The number of nitrogens with zero attached hydrogens (tertiary/aromatic N) is 1. The topological polar surface area (TPSA) is 60.8 Å². The summed E-state index contributed by atoms with van der Waals surface area (Å²) in [5.41, 5.74) is -0.229. The highest BCUT2D eigenvalue weighted by atomic mass is 28.1. The molecule has 0 aromatic rings. The molecular formula is C6H13NO3Si. The summed E-state index contributed by atoms with van der Waals surface area (Å²) in [5.74, 6) is 0. The summed E-state index contributed by atoms with van der Waals surface area (Å²) < 4.78 is 0. The number of aliphatic hydroxyl groups is 1. The SMILES string of the molecule is C=CC([SiH3])N(C(=O)O)C(C)O. The van der Waals surface area contributed by atoms with Gasteiger partial charge in [-0.3, -0.25) is 4.90 Å². The Bertz CT molecular complexity index is 160. The van der Waals surface area contributed by atoms with Crippen LogP contribution in [0.15, 0.2) is 12.7 Å². The van der Waals surface area contributed by atoms with E-state index in [2.05, 4.69) is 6.58 Å². The van der Waals surface area contributed by atoms with Crippen LogP contribution in [0.4, 0.5) is 4.79 Å². The number of rotatable bonds is 3. The van der Waals surface area contributed by atoms with E-state index in [-0.39, 0.29) is 5.67 Å². The molecule has 0 spiro atoms. The molecule has 2 N–H and O–H groups in total. The summed E-state index contributed by atoms with van der Waals surface area (Å²) in [6, 6.07) is 0. The zero-order valence-electron chi connectivity index (χ0n) is 6.69. The number of hydrogen-bond acceptors (Lipinski definition) is 2. The van der Waals surface area contributed by atoms with E-state index < -0.39 is 12.3 Å².